The van der Waals surface area contributed by atoms with Crippen molar-refractivity contribution in [2.75, 3.05) is 13.7 Å². The summed E-state index contributed by atoms with van der Waals surface area (Å²) in [6.45, 7) is 0.405. The second kappa shape index (κ2) is 5.84. The van der Waals surface area contributed by atoms with Crippen LogP contribution in [0.15, 0.2) is 42.5 Å². The van der Waals surface area contributed by atoms with E-state index < -0.39 is 0 Å². The molecule has 2 atom stereocenters. The average Bonchev–Trinajstić information content (AvgIpc) is 2.53. The summed E-state index contributed by atoms with van der Waals surface area (Å²) in [7, 11) is 1.58. The minimum atomic E-state index is -0.332. The van der Waals surface area contributed by atoms with E-state index in [0.29, 0.717) is 23.1 Å². The van der Waals surface area contributed by atoms with Crippen molar-refractivity contribution in [3.8, 4) is 17.2 Å². The summed E-state index contributed by atoms with van der Waals surface area (Å²) in [5.74, 6) is 2.08. The molecule has 0 amide bonds. The van der Waals surface area contributed by atoms with E-state index in [0.717, 1.165) is 11.3 Å². The van der Waals surface area contributed by atoms with Crippen LogP contribution in [0.1, 0.15) is 11.6 Å². The summed E-state index contributed by atoms with van der Waals surface area (Å²) >= 11 is 6.14. The molecule has 110 valence electrons. The second-order valence-electron chi connectivity index (χ2n) is 4.83. The molecule has 2 unspecified atom stereocenters. The largest absolute Gasteiger partial charge is 0.495 e. The lowest BCUT2D eigenvalue weighted by Crippen LogP contribution is -2.38. The molecule has 21 heavy (non-hydrogen) atoms. The summed E-state index contributed by atoms with van der Waals surface area (Å²) < 4.78 is 16.8. The summed E-state index contributed by atoms with van der Waals surface area (Å²) in [5.41, 5.74) is 7.17. The highest BCUT2D eigenvalue weighted by Crippen LogP contribution is 2.35. The smallest absolute Gasteiger partial charge is 0.161 e. The van der Waals surface area contributed by atoms with Crippen LogP contribution in [0.5, 0.6) is 17.2 Å². The van der Waals surface area contributed by atoms with E-state index in [1.807, 2.05) is 30.3 Å². The first-order chi connectivity index (χ1) is 10.2. The predicted octanol–water partition coefficient (Wildman–Crippen LogP) is 3.19. The van der Waals surface area contributed by atoms with Gasteiger partial charge in [0, 0.05) is 0 Å². The van der Waals surface area contributed by atoms with E-state index in [2.05, 4.69) is 0 Å². The van der Waals surface area contributed by atoms with Gasteiger partial charge in [0.2, 0.25) is 0 Å². The zero-order valence-corrected chi connectivity index (χ0v) is 12.3. The lowest BCUT2D eigenvalue weighted by atomic mass is 10.0. The molecule has 1 aliphatic heterocycles. The van der Waals surface area contributed by atoms with Gasteiger partial charge in [0.05, 0.1) is 18.2 Å². The Morgan fingerprint density at radius 2 is 2.00 bits per heavy atom. The van der Waals surface area contributed by atoms with E-state index >= 15 is 0 Å². The van der Waals surface area contributed by atoms with E-state index in [-0.39, 0.29) is 12.1 Å². The monoisotopic (exact) mass is 305 g/mol. The Hall–Kier alpha value is -1.91. The molecule has 1 heterocycles. The standard InChI is InChI=1S/C16H16ClNO3/c1-19-12-7-6-10(8-11(12)17)16(18)15-9-20-13-4-2-3-5-14(13)21-15/h2-8,15-16H,9,18H2,1H3. The summed E-state index contributed by atoms with van der Waals surface area (Å²) in [6.07, 6.45) is -0.260. The molecular formula is C16H16ClNO3. The molecule has 0 spiro atoms. The third kappa shape index (κ3) is 2.77. The van der Waals surface area contributed by atoms with Gasteiger partial charge in [-0.1, -0.05) is 29.8 Å². The molecule has 2 aromatic carbocycles. The molecule has 2 N–H and O–H groups in total. The topological polar surface area (TPSA) is 53.7 Å². The van der Waals surface area contributed by atoms with Crippen LogP contribution in [0, 0.1) is 0 Å². The molecule has 0 bridgehead atoms. The van der Waals surface area contributed by atoms with E-state index in [1.165, 1.54) is 0 Å². The molecule has 0 fully saturated rings. The van der Waals surface area contributed by atoms with Crippen LogP contribution < -0.4 is 19.9 Å². The van der Waals surface area contributed by atoms with Gasteiger partial charge in [0.1, 0.15) is 12.4 Å². The molecule has 0 saturated heterocycles. The highest BCUT2D eigenvalue weighted by Gasteiger charge is 2.27. The fourth-order valence-corrected chi connectivity index (χ4v) is 2.58. The fourth-order valence-electron chi connectivity index (χ4n) is 2.32. The normalized spacial score (nSPS) is 18.1. The average molecular weight is 306 g/mol. The van der Waals surface area contributed by atoms with Crippen molar-refractivity contribution in [1.29, 1.82) is 0 Å². The van der Waals surface area contributed by atoms with Gasteiger partial charge in [-0.05, 0) is 29.8 Å². The van der Waals surface area contributed by atoms with Crippen LogP contribution in [0.3, 0.4) is 0 Å². The Morgan fingerprint density at radius 1 is 1.24 bits per heavy atom. The van der Waals surface area contributed by atoms with Gasteiger partial charge >= 0.3 is 0 Å². The molecule has 0 aliphatic carbocycles. The SMILES string of the molecule is COc1ccc(C(N)C2COc3ccccc3O2)cc1Cl. The van der Waals surface area contributed by atoms with Gasteiger partial charge < -0.3 is 19.9 Å². The Kier molecular flexibility index (Phi) is 3.90. The van der Waals surface area contributed by atoms with Crippen LogP contribution >= 0.6 is 11.6 Å². The molecule has 2 aromatic rings. The number of para-hydroxylation sites is 2. The van der Waals surface area contributed by atoms with E-state index in [9.17, 15) is 0 Å². The number of halogens is 1. The van der Waals surface area contributed by atoms with Crippen LogP contribution in [-0.2, 0) is 0 Å². The summed E-state index contributed by atoms with van der Waals surface area (Å²) in [5, 5.41) is 0.530. The van der Waals surface area contributed by atoms with Crippen LogP contribution in [0.25, 0.3) is 0 Å². The number of hydrogen-bond donors (Lipinski definition) is 1. The maximum atomic E-state index is 6.28. The molecule has 3 rings (SSSR count). The summed E-state index contributed by atoms with van der Waals surface area (Å²) in [4.78, 5) is 0. The van der Waals surface area contributed by atoms with Crippen molar-refractivity contribution < 1.29 is 14.2 Å². The van der Waals surface area contributed by atoms with Crippen molar-refractivity contribution in [3.05, 3.63) is 53.1 Å². The maximum Gasteiger partial charge on any atom is 0.161 e. The lowest BCUT2D eigenvalue weighted by Gasteiger charge is -2.30. The lowest BCUT2D eigenvalue weighted by molar-refractivity contribution is 0.0721. The zero-order valence-electron chi connectivity index (χ0n) is 11.6. The number of methoxy groups -OCH3 is 1. The number of nitrogens with two attached hydrogens (primary N) is 1. The van der Waals surface area contributed by atoms with Gasteiger partial charge in [0.15, 0.2) is 17.6 Å². The fraction of sp³-hybridized carbons (Fsp3) is 0.250. The Morgan fingerprint density at radius 3 is 2.71 bits per heavy atom. The number of hydrogen-bond acceptors (Lipinski definition) is 4. The van der Waals surface area contributed by atoms with Crippen molar-refractivity contribution in [3.63, 3.8) is 0 Å². The Bertz CT molecular complexity index is 647. The molecule has 4 nitrogen and oxygen atoms in total. The quantitative estimate of drug-likeness (QED) is 0.946. The first-order valence-corrected chi connectivity index (χ1v) is 7.04. The van der Waals surface area contributed by atoms with E-state index in [1.54, 1.807) is 19.2 Å². The first kappa shape index (κ1) is 14.0. The highest BCUT2D eigenvalue weighted by atomic mass is 35.5. The number of fused-ring (bicyclic) bond motifs is 1. The van der Waals surface area contributed by atoms with Gasteiger partial charge in [-0.2, -0.15) is 0 Å². The third-order valence-electron chi connectivity index (χ3n) is 3.49. The predicted molar refractivity (Wildman–Crippen MR) is 81.3 cm³/mol. The van der Waals surface area contributed by atoms with Crippen LogP contribution in [0.4, 0.5) is 0 Å². The molecule has 1 aliphatic rings. The second-order valence-corrected chi connectivity index (χ2v) is 5.24. The minimum absolute atomic E-state index is 0.260. The van der Waals surface area contributed by atoms with Crippen molar-refractivity contribution in [2.45, 2.75) is 12.1 Å². The Balaban J connectivity index is 1.80. The van der Waals surface area contributed by atoms with Crippen LogP contribution in [0.2, 0.25) is 5.02 Å². The van der Waals surface area contributed by atoms with Crippen LogP contribution in [-0.4, -0.2) is 19.8 Å². The van der Waals surface area contributed by atoms with Crippen molar-refractivity contribution in [2.24, 2.45) is 5.73 Å². The van der Waals surface area contributed by atoms with E-state index in [4.69, 9.17) is 31.5 Å². The maximum absolute atomic E-state index is 6.28. The molecule has 0 radical (unpaired) electrons. The van der Waals surface area contributed by atoms with Gasteiger partial charge in [0.25, 0.3) is 0 Å². The molecule has 0 saturated carbocycles. The Labute approximate surface area is 128 Å². The highest BCUT2D eigenvalue weighted by molar-refractivity contribution is 6.32. The van der Waals surface area contributed by atoms with Crippen molar-refractivity contribution >= 4 is 11.6 Å². The van der Waals surface area contributed by atoms with Crippen molar-refractivity contribution in [1.82, 2.24) is 0 Å². The molecular weight excluding hydrogens is 290 g/mol. The van der Waals surface area contributed by atoms with Gasteiger partial charge in [-0.3, -0.25) is 0 Å². The summed E-state index contributed by atoms with van der Waals surface area (Å²) in [6, 6.07) is 12.7. The molecule has 0 aromatic heterocycles. The first-order valence-electron chi connectivity index (χ1n) is 6.66. The number of rotatable bonds is 3. The zero-order chi connectivity index (χ0) is 14.8. The van der Waals surface area contributed by atoms with Gasteiger partial charge in [-0.25, -0.2) is 0 Å². The third-order valence-corrected chi connectivity index (χ3v) is 3.79. The van der Waals surface area contributed by atoms with Gasteiger partial charge in [-0.15, -0.1) is 0 Å². The minimum Gasteiger partial charge on any atom is -0.495 e. The number of benzene rings is 2. The molecule has 5 heteroatoms. The number of ether oxygens (including phenoxy) is 3.